The molecular weight excluding hydrogens is 204 g/mol. The van der Waals surface area contributed by atoms with Crippen molar-refractivity contribution in [1.82, 2.24) is 0 Å². The summed E-state index contributed by atoms with van der Waals surface area (Å²) in [6, 6.07) is 5.70. The number of ether oxygens (including phenoxy) is 2. The Morgan fingerprint density at radius 3 is 2.31 bits per heavy atom. The van der Waals surface area contributed by atoms with E-state index in [1.165, 1.54) is 19.8 Å². The van der Waals surface area contributed by atoms with Crippen LogP contribution in [0, 0.1) is 13.8 Å². The molecule has 1 rings (SSSR count). The van der Waals surface area contributed by atoms with E-state index in [-0.39, 0.29) is 12.2 Å². The van der Waals surface area contributed by atoms with E-state index in [2.05, 4.69) is 0 Å². The summed E-state index contributed by atoms with van der Waals surface area (Å²) in [5.74, 6) is 0.0387. The third-order valence-corrected chi connectivity index (χ3v) is 2.71. The third kappa shape index (κ3) is 3.15. The van der Waals surface area contributed by atoms with E-state index in [0.29, 0.717) is 5.56 Å². The molecule has 0 bridgehead atoms. The number of carbonyl (C=O) groups is 1. The van der Waals surface area contributed by atoms with Gasteiger partial charge in [-0.25, -0.2) is 0 Å². The van der Waals surface area contributed by atoms with Gasteiger partial charge in [0.2, 0.25) is 0 Å². The molecule has 0 N–H and O–H groups in total. The lowest BCUT2D eigenvalue weighted by Gasteiger charge is -2.12. The fraction of sp³-hybridized carbons (Fsp3) is 0.462. The summed E-state index contributed by atoms with van der Waals surface area (Å²) in [4.78, 5) is 11.9. The summed E-state index contributed by atoms with van der Waals surface area (Å²) in [5.41, 5.74) is 3.02. The van der Waals surface area contributed by atoms with Crippen molar-refractivity contribution in [3.63, 3.8) is 0 Å². The molecule has 0 heterocycles. The molecule has 0 fully saturated rings. The van der Waals surface area contributed by atoms with Crippen LogP contribution in [0.15, 0.2) is 18.2 Å². The van der Waals surface area contributed by atoms with E-state index in [1.807, 2.05) is 32.0 Å². The van der Waals surface area contributed by atoms with E-state index in [4.69, 9.17) is 9.47 Å². The normalized spacial score (nSPS) is 10.8. The topological polar surface area (TPSA) is 35.5 Å². The molecule has 0 aliphatic heterocycles. The quantitative estimate of drug-likeness (QED) is 0.567. The summed E-state index contributed by atoms with van der Waals surface area (Å²) in [7, 11) is 3.06. The van der Waals surface area contributed by atoms with Crippen LogP contribution in [0.1, 0.15) is 27.9 Å². The molecule has 3 nitrogen and oxygen atoms in total. The Hall–Kier alpha value is -1.19. The van der Waals surface area contributed by atoms with E-state index >= 15 is 0 Å². The molecule has 0 radical (unpaired) electrons. The van der Waals surface area contributed by atoms with Crippen LogP contribution in [0.3, 0.4) is 0 Å². The van der Waals surface area contributed by atoms with Crippen molar-refractivity contribution in [3.8, 4) is 0 Å². The highest BCUT2D eigenvalue weighted by Crippen LogP contribution is 2.13. The monoisotopic (exact) mass is 222 g/mol. The van der Waals surface area contributed by atoms with E-state index < -0.39 is 6.29 Å². The van der Waals surface area contributed by atoms with Gasteiger partial charge in [0.25, 0.3) is 0 Å². The van der Waals surface area contributed by atoms with Crippen molar-refractivity contribution in [2.45, 2.75) is 26.6 Å². The molecule has 0 aliphatic carbocycles. The minimum atomic E-state index is -0.464. The first-order valence-corrected chi connectivity index (χ1v) is 5.24. The molecule has 16 heavy (non-hydrogen) atoms. The lowest BCUT2D eigenvalue weighted by Crippen LogP contribution is -2.18. The zero-order chi connectivity index (χ0) is 12.1. The van der Waals surface area contributed by atoms with Gasteiger partial charge in [-0.1, -0.05) is 12.1 Å². The summed E-state index contributed by atoms with van der Waals surface area (Å²) in [6.07, 6.45) is -0.218. The van der Waals surface area contributed by atoms with Gasteiger partial charge in [0.1, 0.15) is 0 Å². The highest BCUT2D eigenvalue weighted by Gasteiger charge is 2.14. The molecule has 1 aromatic carbocycles. The first-order chi connectivity index (χ1) is 7.58. The molecule has 3 heteroatoms. The molecule has 0 amide bonds. The van der Waals surface area contributed by atoms with Crippen molar-refractivity contribution in [2.75, 3.05) is 14.2 Å². The highest BCUT2D eigenvalue weighted by atomic mass is 16.7. The zero-order valence-corrected chi connectivity index (χ0v) is 10.2. The Labute approximate surface area is 96.4 Å². The Kier molecular flexibility index (Phi) is 4.65. The van der Waals surface area contributed by atoms with Gasteiger partial charge in [0, 0.05) is 19.8 Å². The van der Waals surface area contributed by atoms with Gasteiger partial charge in [0.05, 0.1) is 6.42 Å². The van der Waals surface area contributed by atoms with Crippen molar-refractivity contribution >= 4 is 5.78 Å². The van der Waals surface area contributed by atoms with Crippen LogP contribution in [0.5, 0.6) is 0 Å². The second-order valence-corrected chi connectivity index (χ2v) is 3.83. The number of ketones is 1. The number of hydrogen-bond acceptors (Lipinski definition) is 3. The predicted molar refractivity (Wildman–Crippen MR) is 62.7 cm³/mol. The SMILES string of the molecule is COC(CC(=O)c1ccc(C)c(C)c1)OC. The van der Waals surface area contributed by atoms with Gasteiger partial charge >= 0.3 is 0 Å². The fourth-order valence-electron chi connectivity index (χ4n) is 1.45. The lowest BCUT2D eigenvalue weighted by atomic mass is 10.0. The van der Waals surface area contributed by atoms with E-state index in [0.717, 1.165) is 5.56 Å². The maximum Gasteiger partial charge on any atom is 0.167 e. The van der Waals surface area contributed by atoms with Gasteiger partial charge in [0.15, 0.2) is 12.1 Å². The summed E-state index contributed by atoms with van der Waals surface area (Å²) >= 11 is 0. The van der Waals surface area contributed by atoms with Crippen LogP contribution < -0.4 is 0 Å². The number of benzene rings is 1. The minimum Gasteiger partial charge on any atom is -0.355 e. The Morgan fingerprint density at radius 1 is 1.19 bits per heavy atom. The molecule has 88 valence electrons. The van der Waals surface area contributed by atoms with Crippen LogP contribution in [0.2, 0.25) is 0 Å². The van der Waals surface area contributed by atoms with Crippen LogP contribution >= 0.6 is 0 Å². The second kappa shape index (κ2) is 5.77. The van der Waals surface area contributed by atoms with Crippen molar-refractivity contribution in [1.29, 1.82) is 0 Å². The van der Waals surface area contributed by atoms with Gasteiger partial charge in [-0.2, -0.15) is 0 Å². The molecule has 0 saturated heterocycles. The molecule has 0 unspecified atom stereocenters. The van der Waals surface area contributed by atoms with Crippen LogP contribution in [0.25, 0.3) is 0 Å². The van der Waals surface area contributed by atoms with Gasteiger partial charge < -0.3 is 9.47 Å². The molecule has 0 saturated carbocycles. The largest absolute Gasteiger partial charge is 0.355 e. The van der Waals surface area contributed by atoms with Crippen molar-refractivity contribution in [3.05, 3.63) is 34.9 Å². The molecule has 0 aromatic heterocycles. The van der Waals surface area contributed by atoms with Crippen LogP contribution in [-0.4, -0.2) is 26.3 Å². The maximum absolute atomic E-state index is 11.9. The van der Waals surface area contributed by atoms with Crippen molar-refractivity contribution < 1.29 is 14.3 Å². The van der Waals surface area contributed by atoms with E-state index in [1.54, 1.807) is 0 Å². The number of aryl methyl sites for hydroxylation is 2. The minimum absolute atomic E-state index is 0.0387. The number of rotatable bonds is 5. The van der Waals surface area contributed by atoms with Gasteiger partial charge in [-0.15, -0.1) is 0 Å². The average molecular weight is 222 g/mol. The van der Waals surface area contributed by atoms with Gasteiger partial charge in [-0.05, 0) is 31.0 Å². The number of methoxy groups -OCH3 is 2. The zero-order valence-electron chi connectivity index (χ0n) is 10.2. The van der Waals surface area contributed by atoms with E-state index in [9.17, 15) is 4.79 Å². The Bertz CT molecular complexity index is 367. The summed E-state index contributed by atoms with van der Waals surface area (Å²) < 4.78 is 10.0. The average Bonchev–Trinajstić information content (AvgIpc) is 2.29. The van der Waals surface area contributed by atoms with Crippen LogP contribution in [0.4, 0.5) is 0 Å². The molecule has 0 spiro atoms. The number of hydrogen-bond donors (Lipinski definition) is 0. The summed E-state index contributed by atoms with van der Waals surface area (Å²) in [5, 5.41) is 0. The molecule has 0 aliphatic rings. The second-order valence-electron chi connectivity index (χ2n) is 3.83. The number of Topliss-reactive ketones (excluding diaryl/α,β-unsaturated/α-hetero) is 1. The number of carbonyl (C=O) groups excluding carboxylic acids is 1. The first kappa shape index (κ1) is 12.9. The predicted octanol–water partition coefficient (Wildman–Crippen LogP) is 2.50. The van der Waals surface area contributed by atoms with Crippen LogP contribution in [-0.2, 0) is 9.47 Å². The Morgan fingerprint density at radius 2 is 1.81 bits per heavy atom. The maximum atomic E-state index is 11.9. The molecule has 0 atom stereocenters. The van der Waals surface area contributed by atoms with Crippen molar-refractivity contribution in [2.24, 2.45) is 0 Å². The smallest absolute Gasteiger partial charge is 0.167 e. The third-order valence-electron chi connectivity index (χ3n) is 2.71. The first-order valence-electron chi connectivity index (χ1n) is 5.24. The molecular formula is C13H18O3. The highest BCUT2D eigenvalue weighted by molar-refractivity contribution is 5.96. The Balaban J connectivity index is 2.76. The van der Waals surface area contributed by atoms with Gasteiger partial charge in [-0.3, -0.25) is 4.79 Å². The molecule has 1 aromatic rings. The standard InChI is InChI=1S/C13H18O3/c1-9-5-6-11(7-10(9)2)12(14)8-13(15-3)16-4/h5-7,13H,8H2,1-4H3. The lowest BCUT2D eigenvalue weighted by molar-refractivity contribution is -0.0993. The fourth-order valence-corrected chi connectivity index (χ4v) is 1.45. The summed E-state index contributed by atoms with van der Waals surface area (Å²) in [6.45, 7) is 4.02.